The standard InChI is InChI=1S/C7H11N2.C5H5.Fe/c1-5-3-2-4-6(5)7(8)9;1-2-4-5-3-1;/h2-4,7H,8-9H2,1H3;1-5H;. The first kappa shape index (κ1) is 5.39. The summed E-state index contributed by atoms with van der Waals surface area (Å²) in [5.41, 5.74) is 12.7. The molecule has 3 heteroatoms. The molecular formula is C12H16FeN2. The molecule has 10 fully saturated rings. The van der Waals surface area contributed by atoms with Gasteiger partial charge in [0.2, 0.25) is 0 Å². The van der Waals surface area contributed by atoms with Crippen molar-refractivity contribution in [2.45, 2.75) is 60.2 Å². The van der Waals surface area contributed by atoms with E-state index < -0.39 is 6.51 Å². The fourth-order valence-corrected chi connectivity index (χ4v) is 96.7. The van der Waals surface area contributed by atoms with Crippen LogP contribution in [0.1, 0.15) is 6.92 Å². The second-order valence-corrected chi connectivity index (χ2v) is 34.2. The Balaban J connectivity index is 1.91. The summed E-state index contributed by atoms with van der Waals surface area (Å²) in [6.07, 6.45) is 0.103. The zero-order chi connectivity index (χ0) is 9.51. The molecule has 10 rings (SSSR count). The third-order valence-electron chi connectivity index (χ3n) is 16.2. The summed E-state index contributed by atoms with van der Waals surface area (Å²) in [5.74, 6) is 0. The monoisotopic (exact) mass is 244 g/mol. The molecule has 10 aliphatic rings. The van der Waals surface area contributed by atoms with Crippen molar-refractivity contribution < 1.29 is 6.51 Å². The molecule has 0 saturated carbocycles. The topological polar surface area (TPSA) is 52.0 Å². The van der Waals surface area contributed by atoms with Gasteiger partial charge in [-0.2, -0.15) is 0 Å². The van der Waals surface area contributed by atoms with Gasteiger partial charge in [-0.05, 0) is 0 Å². The fourth-order valence-electron chi connectivity index (χ4n) is 18.8. The zero-order valence-corrected chi connectivity index (χ0v) is 9.81. The molecule has 1 spiro atoms. The predicted octanol–water partition coefficient (Wildman–Crippen LogP) is 2.38. The van der Waals surface area contributed by atoms with Gasteiger partial charge >= 0.3 is 78.2 Å². The molecule has 4 N–H and O–H groups in total. The maximum atomic E-state index is 6.37. The first-order valence-electron chi connectivity index (χ1n) is 6.60. The third kappa shape index (κ3) is 0.0410. The van der Waals surface area contributed by atoms with Gasteiger partial charge in [0.25, 0.3) is 0 Å². The second-order valence-electron chi connectivity index (χ2n) is 10.7. The van der Waals surface area contributed by atoms with E-state index in [0.717, 1.165) is 4.31 Å². The van der Waals surface area contributed by atoms with Crippen LogP contribution in [0.3, 0.4) is 0 Å². The molecule has 10 heterocycles. The average molecular weight is 244 g/mol. The van der Waals surface area contributed by atoms with E-state index in [0.29, 0.717) is 4.31 Å². The first-order valence-corrected chi connectivity index (χ1v) is 12.8. The van der Waals surface area contributed by atoms with E-state index in [4.69, 9.17) is 11.5 Å². The van der Waals surface area contributed by atoms with Crippen LogP contribution in [0, 0.1) is 0 Å². The molecule has 5 unspecified atom stereocenters. The molecular weight excluding hydrogens is 228 g/mol. The van der Waals surface area contributed by atoms with Crippen molar-refractivity contribution in [3.8, 4) is 0 Å². The summed E-state index contributed by atoms with van der Waals surface area (Å²) < 4.78 is 1.55. The Morgan fingerprint density at radius 2 is 1.47 bits per heavy atom. The Morgan fingerprint density at radius 3 is 1.53 bits per heavy atom. The van der Waals surface area contributed by atoms with E-state index >= 15 is 0 Å². The predicted molar refractivity (Wildman–Crippen MR) is 53.2 cm³/mol. The Morgan fingerprint density at radius 1 is 0.933 bits per heavy atom. The van der Waals surface area contributed by atoms with E-state index in [9.17, 15) is 0 Å². The molecule has 2 nitrogen and oxygen atoms in total. The summed E-state index contributed by atoms with van der Waals surface area (Å²) in [7, 11) is 0. The Labute approximate surface area is 78.4 Å². The van der Waals surface area contributed by atoms with Crippen molar-refractivity contribution in [2.24, 2.45) is 11.5 Å². The molecule has 10 saturated heterocycles. The minimum absolute atomic E-state index is 0.103. The van der Waals surface area contributed by atoms with Crippen LogP contribution in [0.2, 0.25) is 47.2 Å². The van der Waals surface area contributed by atoms with E-state index in [-0.39, 0.29) is 6.17 Å². The molecule has 5 atom stereocenters. The van der Waals surface area contributed by atoms with Crippen molar-refractivity contribution in [3.63, 3.8) is 0 Å². The number of nitrogens with two attached hydrogens (primary N) is 2. The summed E-state index contributed by atoms with van der Waals surface area (Å²) in [6.45, 7) is -0.301. The minimum atomic E-state index is -3.01. The van der Waals surface area contributed by atoms with E-state index in [1.54, 1.807) is 0 Å². The Hall–Kier alpha value is 0.439. The molecule has 0 amide bonds. The summed E-state index contributed by atoms with van der Waals surface area (Å²) >= 11 is 0. The quantitative estimate of drug-likeness (QED) is 0.549. The summed E-state index contributed by atoms with van der Waals surface area (Å²) in [6, 6.07) is 0. The fraction of sp³-hybridized carbons (Fsp3) is 1.00. The van der Waals surface area contributed by atoms with Gasteiger partial charge in [-0.15, -0.1) is 0 Å². The molecule has 82 valence electrons. The molecule has 15 heavy (non-hydrogen) atoms. The molecule has 0 aromatic carbocycles. The number of hydrogen-bond acceptors (Lipinski definition) is 2. The van der Waals surface area contributed by atoms with Crippen LogP contribution in [-0.4, -0.2) is 6.17 Å². The van der Waals surface area contributed by atoms with Crippen molar-refractivity contribution >= 4 is 0 Å². The van der Waals surface area contributed by atoms with Crippen LogP contribution in [0.4, 0.5) is 0 Å². The molecule has 0 aromatic rings. The number of rotatable bonds is 1. The van der Waals surface area contributed by atoms with Gasteiger partial charge < -0.3 is 0 Å². The normalized spacial score (nSPS) is 139. The van der Waals surface area contributed by atoms with Crippen LogP contribution in [0.25, 0.3) is 0 Å². The van der Waals surface area contributed by atoms with Crippen molar-refractivity contribution in [2.75, 3.05) is 0 Å². The van der Waals surface area contributed by atoms with Gasteiger partial charge in [0.1, 0.15) is 0 Å². The number of hydrogen-bond donors (Lipinski definition) is 2. The van der Waals surface area contributed by atoms with E-state index in [1.807, 2.05) is 0 Å². The molecule has 10 aliphatic heterocycles. The summed E-state index contributed by atoms with van der Waals surface area (Å²) in [5, 5.41) is 0. The third-order valence-corrected chi connectivity index (χ3v) is 60.8. The zero-order valence-electron chi connectivity index (χ0n) is 8.70. The van der Waals surface area contributed by atoms with Crippen LogP contribution in [0.15, 0.2) is 0 Å². The van der Waals surface area contributed by atoms with Crippen molar-refractivity contribution in [1.82, 2.24) is 0 Å². The average Bonchev–Trinajstić information content (AvgIpc) is 3.10. The molecule has 0 radical (unpaired) electrons. The molecule has 0 aliphatic carbocycles. The Bertz CT molecular complexity index is 920. The SMILES string of the molecule is C[C]12[CH]3[CH]4[CH]5[C]1(C(N)N)[Fe]43521678[CH]2[CH]1[CH]6[CH]7[CH]28. The number of fused-ring (bicyclic) bond motifs is 10. The van der Waals surface area contributed by atoms with Gasteiger partial charge in [-0.3, -0.25) is 0 Å². The van der Waals surface area contributed by atoms with Gasteiger partial charge in [0.05, 0.1) is 0 Å². The summed E-state index contributed by atoms with van der Waals surface area (Å²) in [4.78, 5) is 10.7. The Kier molecular flexibility index (Phi) is 0.131. The van der Waals surface area contributed by atoms with Gasteiger partial charge in [-0.1, -0.05) is 0 Å². The second kappa shape index (κ2) is 0.366. The first-order chi connectivity index (χ1) is 6.88. The van der Waals surface area contributed by atoms with Gasteiger partial charge in [0, 0.05) is 0 Å². The van der Waals surface area contributed by atoms with Gasteiger partial charge in [0.15, 0.2) is 0 Å². The van der Waals surface area contributed by atoms with E-state index in [1.165, 1.54) is 38.5 Å². The van der Waals surface area contributed by atoms with Crippen LogP contribution in [0.5, 0.6) is 0 Å². The maximum absolute atomic E-state index is 6.37. The van der Waals surface area contributed by atoms with Crippen LogP contribution in [-0.2, 0) is 6.51 Å². The molecule has 0 aromatic heterocycles. The van der Waals surface area contributed by atoms with Crippen LogP contribution >= 0.6 is 0 Å². The van der Waals surface area contributed by atoms with Crippen molar-refractivity contribution in [1.29, 1.82) is 0 Å². The van der Waals surface area contributed by atoms with Gasteiger partial charge in [-0.25, -0.2) is 0 Å². The van der Waals surface area contributed by atoms with E-state index in [2.05, 4.69) is 6.92 Å². The molecule has 0 bridgehead atoms. The van der Waals surface area contributed by atoms with Crippen molar-refractivity contribution in [3.05, 3.63) is 0 Å². The van der Waals surface area contributed by atoms with Crippen LogP contribution < -0.4 is 11.5 Å².